The average Bonchev–Trinajstić information content (AvgIpc) is 3.29. The van der Waals surface area contributed by atoms with E-state index >= 15 is 0 Å². The lowest BCUT2D eigenvalue weighted by Gasteiger charge is -2.10. The van der Waals surface area contributed by atoms with Gasteiger partial charge in [-0.15, -0.1) is 0 Å². The van der Waals surface area contributed by atoms with E-state index in [1.165, 1.54) is 4.57 Å². The predicted molar refractivity (Wildman–Crippen MR) is 129 cm³/mol. The molecule has 1 aromatic carbocycles. The first-order chi connectivity index (χ1) is 16.1. The molecule has 9 heteroatoms. The quantitative estimate of drug-likeness (QED) is 0.406. The van der Waals surface area contributed by atoms with Gasteiger partial charge in [-0.3, -0.25) is 13.9 Å². The molecule has 0 bridgehead atoms. The van der Waals surface area contributed by atoms with Gasteiger partial charge in [-0.25, -0.2) is 14.8 Å². The summed E-state index contributed by atoms with van der Waals surface area (Å²) in [6, 6.07) is 11.5. The van der Waals surface area contributed by atoms with E-state index < -0.39 is 0 Å². The highest BCUT2D eigenvalue weighted by molar-refractivity contribution is 5.75. The standard InChI is InChI=1S/C24H28N6O3/c1-4-12-29-22-20(23(31)30(13-5-2)24(29)32)27-21(28-22)17-10-11-19(26-15-17)25-14-16-8-6-7-9-18(16)33-3/h6-11,15H,4-5,12-14H2,1-3H3,(H,25,26)(H,27,28). The maximum Gasteiger partial charge on any atom is 0.332 e. The topological polar surface area (TPSA) is 107 Å². The van der Waals surface area contributed by atoms with Gasteiger partial charge in [0, 0.05) is 37.0 Å². The highest BCUT2D eigenvalue weighted by atomic mass is 16.5. The summed E-state index contributed by atoms with van der Waals surface area (Å²) in [4.78, 5) is 37.9. The molecule has 0 fully saturated rings. The Bertz CT molecular complexity index is 1370. The molecule has 2 N–H and O–H groups in total. The van der Waals surface area contributed by atoms with E-state index in [1.807, 2.05) is 50.2 Å². The van der Waals surface area contributed by atoms with Crippen LogP contribution in [0.4, 0.5) is 5.82 Å². The molecule has 3 aromatic heterocycles. The van der Waals surface area contributed by atoms with Crippen molar-refractivity contribution < 1.29 is 4.74 Å². The number of hydrogen-bond donors (Lipinski definition) is 2. The number of rotatable bonds is 9. The summed E-state index contributed by atoms with van der Waals surface area (Å²) in [7, 11) is 1.65. The number of pyridine rings is 1. The van der Waals surface area contributed by atoms with E-state index in [-0.39, 0.29) is 11.2 Å². The van der Waals surface area contributed by atoms with E-state index in [0.29, 0.717) is 48.9 Å². The Balaban J connectivity index is 1.64. The van der Waals surface area contributed by atoms with Crippen molar-refractivity contribution in [3.05, 3.63) is 69.0 Å². The van der Waals surface area contributed by atoms with Crippen LogP contribution in [0.5, 0.6) is 5.75 Å². The van der Waals surface area contributed by atoms with E-state index in [4.69, 9.17) is 4.74 Å². The van der Waals surface area contributed by atoms with Crippen LogP contribution in [0.25, 0.3) is 22.6 Å². The number of nitrogens with zero attached hydrogens (tertiary/aromatic N) is 4. The number of H-pyrrole nitrogens is 1. The monoisotopic (exact) mass is 448 g/mol. The number of methoxy groups -OCH3 is 1. The molecule has 4 aromatic rings. The van der Waals surface area contributed by atoms with Gasteiger partial charge in [-0.1, -0.05) is 32.0 Å². The molecule has 33 heavy (non-hydrogen) atoms. The van der Waals surface area contributed by atoms with Crippen molar-refractivity contribution in [3.8, 4) is 17.1 Å². The average molecular weight is 449 g/mol. The van der Waals surface area contributed by atoms with Gasteiger partial charge in [0.25, 0.3) is 5.56 Å². The second-order valence-electron chi connectivity index (χ2n) is 7.77. The first-order valence-electron chi connectivity index (χ1n) is 11.1. The van der Waals surface area contributed by atoms with E-state index in [9.17, 15) is 9.59 Å². The summed E-state index contributed by atoms with van der Waals surface area (Å²) in [5.41, 5.74) is 1.82. The fourth-order valence-electron chi connectivity index (χ4n) is 3.82. The molecule has 0 saturated carbocycles. The number of para-hydroxylation sites is 1. The number of anilines is 1. The summed E-state index contributed by atoms with van der Waals surface area (Å²) in [6.07, 6.45) is 3.14. The van der Waals surface area contributed by atoms with Gasteiger partial charge in [0.05, 0.1) is 7.11 Å². The lowest BCUT2D eigenvalue weighted by atomic mass is 10.2. The van der Waals surface area contributed by atoms with Gasteiger partial charge in [0.1, 0.15) is 22.9 Å². The molecule has 0 aliphatic rings. The Morgan fingerprint density at radius 3 is 2.48 bits per heavy atom. The Morgan fingerprint density at radius 2 is 1.79 bits per heavy atom. The number of benzene rings is 1. The first kappa shape index (κ1) is 22.3. The molecule has 0 amide bonds. The molecule has 0 spiro atoms. The second kappa shape index (κ2) is 9.72. The third kappa shape index (κ3) is 4.39. The number of aromatic amines is 1. The van der Waals surface area contributed by atoms with Gasteiger partial charge in [0.15, 0.2) is 5.65 Å². The third-order valence-corrected chi connectivity index (χ3v) is 5.45. The van der Waals surface area contributed by atoms with Crippen LogP contribution in [0, 0.1) is 0 Å². The lowest BCUT2D eigenvalue weighted by Crippen LogP contribution is -2.40. The third-order valence-electron chi connectivity index (χ3n) is 5.45. The van der Waals surface area contributed by atoms with E-state index in [1.54, 1.807) is 17.9 Å². The summed E-state index contributed by atoms with van der Waals surface area (Å²) in [6.45, 7) is 5.37. The van der Waals surface area contributed by atoms with Crippen LogP contribution in [-0.4, -0.2) is 31.2 Å². The van der Waals surface area contributed by atoms with Crippen molar-refractivity contribution in [3.63, 3.8) is 0 Å². The number of fused-ring (bicyclic) bond motifs is 1. The highest BCUT2D eigenvalue weighted by Crippen LogP contribution is 2.21. The minimum atomic E-state index is -0.342. The van der Waals surface area contributed by atoms with Crippen LogP contribution in [0.3, 0.4) is 0 Å². The number of aryl methyl sites for hydroxylation is 1. The minimum absolute atomic E-state index is 0.316. The summed E-state index contributed by atoms with van der Waals surface area (Å²) < 4.78 is 8.24. The Morgan fingerprint density at radius 1 is 1.03 bits per heavy atom. The molecule has 9 nitrogen and oxygen atoms in total. The van der Waals surface area contributed by atoms with Crippen molar-refractivity contribution in [2.75, 3.05) is 12.4 Å². The van der Waals surface area contributed by atoms with E-state index in [0.717, 1.165) is 23.3 Å². The Kier molecular flexibility index (Phi) is 6.58. The predicted octanol–water partition coefficient (Wildman–Crippen LogP) is 3.39. The SMILES string of the molecule is CCCn1c(=O)c2[nH]c(-c3ccc(NCc4ccccc4OC)nc3)nc2n(CCC)c1=O. The fraction of sp³-hybridized carbons (Fsp3) is 0.333. The molecular formula is C24H28N6O3. The molecule has 0 aliphatic heterocycles. The summed E-state index contributed by atoms with van der Waals surface area (Å²) in [5, 5.41) is 3.28. The number of imidazole rings is 1. The van der Waals surface area contributed by atoms with Crippen molar-refractivity contribution in [2.45, 2.75) is 46.3 Å². The van der Waals surface area contributed by atoms with Crippen molar-refractivity contribution in [1.29, 1.82) is 0 Å². The molecule has 4 rings (SSSR count). The van der Waals surface area contributed by atoms with Crippen LogP contribution in [0.2, 0.25) is 0 Å². The van der Waals surface area contributed by atoms with Gasteiger partial charge in [-0.2, -0.15) is 0 Å². The normalized spacial score (nSPS) is 11.1. The zero-order chi connectivity index (χ0) is 23.4. The number of aromatic nitrogens is 5. The number of ether oxygens (including phenoxy) is 1. The first-order valence-corrected chi connectivity index (χ1v) is 11.1. The van der Waals surface area contributed by atoms with Gasteiger partial charge in [0.2, 0.25) is 0 Å². The maximum absolute atomic E-state index is 12.9. The van der Waals surface area contributed by atoms with Crippen LogP contribution in [0.1, 0.15) is 32.3 Å². The Hall–Kier alpha value is -3.88. The minimum Gasteiger partial charge on any atom is -0.496 e. The highest BCUT2D eigenvalue weighted by Gasteiger charge is 2.17. The van der Waals surface area contributed by atoms with Crippen LogP contribution < -0.4 is 21.3 Å². The summed E-state index contributed by atoms with van der Waals surface area (Å²) in [5.74, 6) is 2.02. The number of nitrogens with one attached hydrogen (secondary N) is 2. The van der Waals surface area contributed by atoms with Gasteiger partial charge >= 0.3 is 5.69 Å². The summed E-state index contributed by atoms with van der Waals surface area (Å²) >= 11 is 0. The molecule has 0 unspecified atom stereocenters. The zero-order valence-corrected chi connectivity index (χ0v) is 19.1. The molecule has 0 atom stereocenters. The van der Waals surface area contributed by atoms with Crippen molar-refractivity contribution >= 4 is 17.0 Å². The van der Waals surface area contributed by atoms with Crippen LogP contribution >= 0.6 is 0 Å². The molecule has 0 aliphatic carbocycles. The molecule has 3 heterocycles. The van der Waals surface area contributed by atoms with E-state index in [2.05, 4.69) is 20.3 Å². The Labute approximate surface area is 191 Å². The van der Waals surface area contributed by atoms with Gasteiger partial charge < -0.3 is 15.0 Å². The largest absolute Gasteiger partial charge is 0.496 e. The molecule has 0 saturated heterocycles. The van der Waals surface area contributed by atoms with Crippen molar-refractivity contribution in [1.82, 2.24) is 24.1 Å². The number of hydrogen-bond acceptors (Lipinski definition) is 6. The lowest BCUT2D eigenvalue weighted by molar-refractivity contribution is 0.410. The molecular weight excluding hydrogens is 420 g/mol. The zero-order valence-electron chi connectivity index (χ0n) is 19.1. The molecule has 0 radical (unpaired) electrons. The van der Waals surface area contributed by atoms with Crippen LogP contribution in [-0.2, 0) is 19.6 Å². The van der Waals surface area contributed by atoms with Gasteiger partial charge in [-0.05, 0) is 31.0 Å². The maximum atomic E-state index is 12.9. The fourth-order valence-corrected chi connectivity index (χ4v) is 3.82. The second-order valence-corrected chi connectivity index (χ2v) is 7.77. The smallest absolute Gasteiger partial charge is 0.332 e. The van der Waals surface area contributed by atoms with Crippen molar-refractivity contribution in [2.24, 2.45) is 0 Å². The molecule has 172 valence electrons. The van der Waals surface area contributed by atoms with Crippen LogP contribution in [0.15, 0.2) is 52.2 Å².